The molecule has 0 spiro atoms. The number of hydrogen-bond donors (Lipinski definition) is 1. The van der Waals surface area contributed by atoms with E-state index >= 15 is 0 Å². The molecule has 0 amide bonds. The number of methoxy groups -OCH3 is 1. The Hall–Kier alpha value is -0.930. The highest BCUT2D eigenvalue weighted by Gasteiger charge is 2.13. The number of aliphatic hydroxyl groups is 1. The van der Waals surface area contributed by atoms with E-state index in [0.717, 1.165) is 6.42 Å². The van der Waals surface area contributed by atoms with Crippen molar-refractivity contribution in [3.8, 4) is 11.5 Å². The maximum atomic E-state index is 9.05. The Labute approximate surface area is 101 Å². The topological polar surface area (TPSA) is 38.7 Å². The summed E-state index contributed by atoms with van der Waals surface area (Å²) in [6, 6.07) is 3.41. The highest BCUT2D eigenvalue weighted by atomic mass is 35.5. The van der Waals surface area contributed by atoms with Crippen molar-refractivity contribution < 1.29 is 14.6 Å². The van der Waals surface area contributed by atoms with Gasteiger partial charge < -0.3 is 14.6 Å². The Morgan fingerprint density at radius 3 is 2.62 bits per heavy atom. The van der Waals surface area contributed by atoms with Crippen LogP contribution in [0.3, 0.4) is 0 Å². The van der Waals surface area contributed by atoms with E-state index in [0.29, 0.717) is 22.1 Å². The predicted molar refractivity (Wildman–Crippen MR) is 64.3 cm³/mol. The minimum atomic E-state index is -0.0698. The van der Waals surface area contributed by atoms with Gasteiger partial charge in [-0.15, -0.1) is 0 Å². The molecule has 1 rings (SSSR count). The smallest absolute Gasteiger partial charge is 0.180 e. The lowest BCUT2D eigenvalue weighted by Crippen LogP contribution is -2.11. The Morgan fingerprint density at radius 2 is 2.12 bits per heavy atom. The molecule has 0 fully saturated rings. The zero-order chi connectivity index (χ0) is 12.1. The maximum Gasteiger partial charge on any atom is 0.180 e. The van der Waals surface area contributed by atoms with Crippen LogP contribution in [0.15, 0.2) is 12.1 Å². The Bertz CT molecular complexity index is 352. The number of rotatable bonds is 5. The number of benzene rings is 1. The molecule has 3 nitrogen and oxygen atoms in total. The number of hydrogen-bond acceptors (Lipinski definition) is 3. The first-order valence-corrected chi connectivity index (χ1v) is 5.64. The largest absolute Gasteiger partial charge is 0.493 e. The van der Waals surface area contributed by atoms with E-state index in [9.17, 15) is 0 Å². The third kappa shape index (κ3) is 3.03. The van der Waals surface area contributed by atoms with Crippen LogP contribution in [0.5, 0.6) is 11.5 Å². The summed E-state index contributed by atoms with van der Waals surface area (Å²) >= 11 is 6.08. The quantitative estimate of drug-likeness (QED) is 0.865. The van der Waals surface area contributed by atoms with Gasteiger partial charge in [0.05, 0.1) is 24.8 Å². The maximum absolute atomic E-state index is 9.05. The zero-order valence-corrected chi connectivity index (χ0v) is 10.5. The lowest BCUT2D eigenvalue weighted by molar-refractivity contribution is 0.207. The van der Waals surface area contributed by atoms with E-state index in [1.807, 2.05) is 13.8 Å². The standard InChI is InChI=1S/C12H17ClO3/c1-4-8(2)16-12-10(13)5-9(7-14)6-11(12)15-3/h5-6,8,14H,4,7H2,1-3H3/t8-/m0/s1. The van der Waals surface area contributed by atoms with Crippen LogP contribution < -0.4 is 9.47 Å². The normalized spacial score (nSPS) is 12.3. The Morgan fingerprint density at radius 1 is 1.44 bits per heavy atom. The number of aliphatic hydroxyl groups excluding tert-OH is 1. The monoisotopic (exact) mass is 244 g/mol. The summed E-state index contributed by atoms with van der Waals surface area (Å²) in [5, 5.41) is 9.51. The van der Waals surface area contributed by atoms with Gasteiger partial charge in [-0.3, -0.25) is 0 Å². The molecule has 0 saturated carbocycles. The molecule has 0 aliphatic rings. The SMILES string of the molecule is CC[C@H](C)Oc1c(Cl)cc(CO)cc1OC. The van der Waals surface area contributed by atoms with Crippen LogP contribution in [0.4, 0.5) is 0 Å². The molecule has 90 valence electrons. The predicted octanol–water partition coefficient (Wildman–Crippen LogP) is 3.02. The minimum Gasteiger partial charge on any atom is -0.493 e. The fraction of sp³-hybridized carbons (Fsp3) is 0.500. The average Bonchev–Trinajstić information content (AvgIpc) is 2.30. The molecule has 0 aliphatic heterocycles. The molecular formula is C12H17ClO3. The van der Waals surface area contributed by atoms with Crippen molar-refractivity contribution in [3.05, 3.63) is 22.7 Å². The molecule has 0 radical (unpaired) electrons. The molecular weight excluding hydrogens is 228 g/mol. The molecule has 0 heterocycles. The molecule has 16 heavy (non-hydrogen) atoms. The zero-order valence-electron chi connectivity index (χ0n) is 9.79. The fourth-order valence-electron chi connectivity index (χ4n) is 1.26. The lowest BCUT2D eigenvalue weighted by atomic mass is 10.2. The van der Waals surface area contributed by atoms with E-state index in [4.69, 9.17) is 26.2 Å². The van der Waals surface area contributed by atoms with Gasteiger partial charge in [0.2, 0.25) is 0 Å². The van der Waals surface area contributed by atoms with E-state index in [2.05, 4.69) is 0 Å². The van der Waals surface area contributed by atoms with Gasteiger partial charge in [-0.25, -0.2) is 0 Å². The van der Waals surface area contributed by atoms with Crippen LogP contribution in [0.1, 0.15) is 25.8 Å². The molecule has 1 aromatic carbocycles. The van der Waals surface area contributed by atoms with Gasteiger partial charge in [0.1, 0.15) is 0 Å². The van der Waals surface area contributed by atoms with Gasteiger partial charge in [0.15, 0.2) is 11.5 Å². The van der Waals surface area contributed by atoms with E-state index in [1.54, 1.807) is 19.2 Å². The van der Waals surface area contributed by atoms with Gasteiger partial charge in [-0.2, -0.15) is 0 Å². The molecule has 0 aromatic heterocycles. The lowest BCUT2D eigenvalue weighted by Gasteiger charge is -2.17. The van der Waals surface area contributed by atoms with Crippen molar-refractivity contribution in [2.24, 2.45) is 0 Å². The summed E-state index contributed by atoms with van der Waals surface area (Å²) in [5.41, 5.74) is 0.707. The fourth-order valence-corrected chi connectivity index (χ4v) is 1.54. The van der Waals surface area contributed by atoms with Gasteiger partial charge in [-0.1, -0.05) is 18.5 Å². The van der Waals surface area contributed by atoms with Crippen LogP contribution in [0.2, 0.25) is 5.02 Å². The first kappa shape index (κ1) is 13.1. The molecule has 4 heteroatoms. The van der Waals surface area contributed by atoms with Crippen LogP contribution in [0, 0.1) is 0 Å². The van der Waals surface area contributed by atoms with Crippen molar-refractivity contribution in [1.82, 2.24) is 0 Å². The van der Waals surface area contributed by atoms with Gasteiger partial charge in [0, 0.05) is 0 Å². The van der Waals surface area contributed by atoms with Crippen molar-refractivity contribution in [2.45, 2.75) is 33.0 Å². The number of ether oxygens (including phenoxy) is 2. The molecule has 0 unspecified atom stereocenters. The average molecular weight is 245 g/mol. The van der Waals surface area contributed by atoms with Crippen LogP contribution in [-0.2, 0) is 6.61 Å². The van der Waals surface area contributed by atoms with Gasteiger partial charge >= 0.3 is 0 Å². The highest BCUT2D eigenvalue weighted by Crippen LogP contribution is 2.37. The van der Waals surface area contributed by atoms with Crippen LogP contribution in [0.25, 0.3) is 0 Å². The van der Waals surface area contributed by atoms with Crippen molar-refractivity contribution >= 4 is 11.6 Å². The second-order valence-electron chi connectivity index (χ2n) is 3.60. The molecule has 1 aromatic rings. The summed E-state index contributed by atoms with van der Waals surface area (Å²) < 4.78 is 10.9. The second-order valence-corrected chi connectivity index (χ2v) is 4.01. The Kier molecular flexibility index (Phi) is 4.90. The van der Waals surface area contributed by atoms with Crippen molar-refractivity contribution in [2.75, 3.05) is 7.11 Å². The molecule has 1 N–H and O–H groups in total. The summed E-state index contributed by atoms with van der Waals surface area (Å²) in [7, 11) is 1.55. The van der Waals surface area contributed by atoms with Crippen molar-refractivity contribution in [1.29, 1.82) is 0 Å². The van der Waals surface area contributed by atoms with Crippen molar-refractivity contribution in [3.63, 3.8) is 0 Å². The summed E-state index contributed by atoms with van der Waals surface area (Å²) in [5.74, 6) is 1.09. The van der Waals surface area contributed by atoms with Crippen LogP contribution >= 0.6 is 11.6 Å². The first-order valence-electron chi connectivity index (χ1n) is 5.26. The molecule has 0 aliphatic carbocycles. The van der Waals surface area contributed by atoms with Gasteiger partial charge in [-0.05, 0) is 31.0 Å². The molecule has 0 bridgehead atoms. The van der Waals surface area contributed by atoms with E-state index in [1.165, 1.54) is 0 Å². The molecule has 1 atom stereocenters. The summed E-state index contributed by atoms with van der Waals surface area (Å²) in [6.45, 7) is 3.93. The second kappa shape index (κ2) is 5.97. The molecule has 0 saturated heterocycles. The van der Waals surface area contributed by atoms with E-state index in [-0.39, 0.29) is 12.7 Å². The van der Waals surface area contributed by atoms with Gasteiger partial charge in [0.25, 0.3) is 0 Å². The minimum absolute atomic E-state index is 0.0698. The summed E-state index contributed by atoms with van der Waals surface area (Å²) in [6.07, 6.45) is 0.965. The number of halogens is 1. The third-order valence-electron chi connectivity index (χ3n) is 2.37. The van der Waals surface area contributed by atoms with Crippen LogP contribution in [-0.4, -0.2) is 18.3 Å². The highest BCUT2D eigenvalue weighted by molar-refractivity contribution is 6.32. The Balaban J connectivity index is 3.06. The summed E-state index contributed by atoms with van der Waals surface area (Å²) in [4.78, 5) is 0. The van der Waals surface area contributed by atoms with E-state index < -0.39 is 0 Å². The third-order valence-corrected chi connectivity index (χ3v) is 2.65. The first-order chi connectivity index (χ1) is 7.62.